The van der Waals surface area contributed by atoms with Crippen LogP contribution in [0.3, 0.4) is 0 Å². The van der Waals surface area contributed by atoms with Gasteiger partial charge in [0.15, 0.2) is 0 Å². The van der Waals surface area contributed by atoms with Crippen LogP contribution in [0.5, 0.6) is 0 Å². The normalized spacial score (nSPS) is 14.6. The van der Waals surface area contributed by atoms with E-state index in [0.29, 0.717) is 24.2 Å². The molecular weight excluding hydrogens is 466 g/mol. The summed E-state index contributed by atoms with van der Waals surface area (Å²) in [5.41, 5.74) is 6.06. The summed E-state index contributed by atoms with van der Waals surface area (Å²) >= 11 is 0. The third kappa shape index (κ3) is 4.72. The fraction of sp³-hybridized carbons (Fsp3) is 0.233. The zero-order valence-corrected chi connectivity index (χ0v) is 21.1. The number of aromatic nitrogens is 2. The molecule has 0 aliphatic heterocycles. The summed E-state index contributed by atoms with van der Waals surface area (Å²) in [5.74, 6) is -0.751. The third-order valence-electron chi connectivity index (χ3n) is 7.09. The lowest BCUT2D eigenvalue weighted by Gasteiger charge is -2.15. The number of hydrogen-bond donors (Lipinski definition) is 2. The first-order valence-corrected chi connectivity index (χ1v) is 12.3. The van der Waals surface area contributed by atoms with Crippen LogP contribution in [0.2, 0.25) is 0 Å². The molecule has 2 N–H and O–H groups in total. The van der Waals surface area contributed by atoms with Gasteiger partial charge in [0.25, 0.3) is 0 Å². The predicted molar refractivity (Wildman–Crippen MR) is 142 cm³/mol. The Morgan fingerprint density at radius 3 is 2.08 bits per heavy atom. The van der Waals surface area contributed by atoms with Crippen LogP contribution in [-0.2, 0) is 22.0 Å². The number of carboxylic acid groups (broad SMARTS) is 1. The number of aliphatic carboxylic acids is 1. The van der Waals surface area contributed by atoms with Gasteiger partial charge >= 0.3 is 12.1 Å². The van der Waals surface area contributed by atoms with E-state index in [0.717, 1.165) is 33.5 Å². The van der Waals surface area contributed by atoms with E-state index < -0.39 is 23.6 Å². The molecule has 0 bridgehead atoms. The second kappa shape index (κ2) is 9.58. The van der Waals surface area contributed by atoms with Crippen molar-refractivity contribution in [2.24, 2.45) is 7.05 Å². The third-order valence-corrected chi connectivity index (χ3v) is 7.09. The number of carbonyl (C=O) groups excluding carboxylic acids is 1. The number of benzene rings is 3. The average Bonchev–Trinajstić information content (AvgIpc) is 3.67. The van der Waals surface area contributed by atoms with Gasteiger partial charge in [-0.15, -0.1) is 0 Å². The largest absolute Gasteiger partial charge is 0.481 e. The number of anilines is 1. The van der Waals surface area contributed by atoms with Crippen LogP contribution in [-0.4, -0.2) is 26.9 Å². The molecule has 0 saturated heterocycles. The van der Waals surface area contributed by atoms with Crippen molar-refractivity contribution < 1.29 is 19.4 Å². The molecule has 1 atom stereocenters. The minimum atomic E-state index is -0.751. The second-order valence-corrected chi connectivity index (χ2v) is 9.56. The first kappa shape index (κ1) is 24.3. The van der Waals surface area contributed by atoms with E-state index in [1.807, 2.05) is 99.8 Å². The van der Waals surface area contributed by atoms with E-state index in [1.54, 1.807) is 4.68 Å². The van der Waals surface area contributed by atoms with Gasteiger partial charge in [0.2, 0.25) is 0 Å². The van der Waals surface area contributed by atoms with E-state index in [4.69, 9.17) is 4.74 Å². The molecule has 1 fully saturated rings. The molecule has 1 unspecified atom stereocenters. The molecular formula is C30H29N3O4. The highest BCUT2D eigenvalue weighted by molar-refractivity contribution is 5.92. The van der Waals surface area contributed by atoms with Crippen molar-refractivity contribution >= 4 is 17.7 Å². The summed E-state index contributed by atoms with van der Waals surface area (Å²) in [6.07, 6.45) is 0.448. The summed E-state index contributed by atoms with van der Waals surface area (Å²) in [5, 5.41) is 16.9. The Morgan fingerprint density at radius 1 is 0.946 bits per heavy atom. The van der Waals surface area contributed by atoms with Gasteiger partial charge in [0.1, 0.15) is 6.10 Å². The van der Waals surface area contributed by atoms with Gasteiger partial charge in [-0.05, 0) is 48.9 Å². The maximum absolute atomic E-state index is 12.7. The molecule has 1 aliphatic rings. The molecule has 1 amide bonds. The van der Waals surface area contributed by atoms with Gasteiger partial charge in [-0.2, -0.15) is 5.10 Å². The molecule has 7 heteroatoms. The minimum absolute atomic E-state index is 0.391. The fourth-order valence-corrected chi connectivity index (χ4v) is 4.78. The van der Waals surface area contributed by atoms with Gasteiger partial charge in [-0.25, -0.2) is 4.79 Å². The molecule has 1 aliphatic carbocycles. The lowest BCUT2D eigenvalue weighted by Crippen LogP contribution is -2.19. The van der Waals surface area contributed by atoms with Crippen LogP contribution in [0.15, 0.2) is 78.9 Å². The van der Waals surface area contributed by atoms with E-state index in [-0.39, 0.29) is 0 Å². The summed E-state index contributed by atoms with van der Waals surface area (Å²) < 4.78 is 7.35. The van der Waals surface area contributed by atoms with Crippen LogP contribution in [0, 0.1) is 6.92 Å². The average molecular weight is 496 g/mol. The number of hydrogen-bond acceptors (Lipinski definition) is 4. The maximum Gasteiger partial charge on any atom is 0.412 e. The molecule has 1 saturated carbocycles. The van der Waals surface area contributed by atoms with Crippen LogP contribution >= 0.6 is 0 Å². The maximum atomic E-state index is 12.7. The summed E-state index contributed by atoms with van der Waals surface area (Å²) in [6, 6.07) is 25.4. The van der Waals surface area contributed by atoms with Crippen LogP contribution in [0.25, 0.3) is 22.4 Å². The quantitative estimate of drug-likeness (QED) is 0.306. The molecule has 188 valence electrons. The first-order chi connectivity index (χ1) is 17.8. The molecule has 0 radical (unpaired) electrons. The SMILES string of the molecule is Cc1nn(C)c(-c2ccc(-c3ccc(C4(C(=O)O)CC4)cc3)cc2)c1NC(=O)OC(C)c1ccccc1. The second-order valence-electron chi connectivity index (χ2n) is 9.56. The van der Waals surface area contributed by atoms with Gasteiger partial charge in [-0.1, -0.05) is 78.9 Å². The number of rotatable bonds is 7. The fourth-order valence-electron chi connectivity index (χ4n) is 4.78. The summed E-state index contributed by atoms with van der Waals surface area (Å²) in [4.78, 5) is 24.3. The monoisotopic (exact) mass is 495 g/mol. The molecule has 1 aromatic heterocycles. The van der Waals surface area contributed by atoms with Gasteiger partial charge < -0.3 is 9.84 Å². The topological polar surface area (TPSA) is 93.5 Å². The standard InChI is InChI=1S/C30H29N3O4/c1-19-26(31-29(36)37-20(2)21-7-5-4-6-8-21)27(33(3)32-19)24-11-9-22(10-12-24)23-13-15-25(16-14-23)30(17-18-30)28(34)35/h4-16,20H,17-18H2,1-3H3,(H,31,36)(H,34,35). The van der Waals surface area contributed by atoms with E-state index in [2.05, 4.69) is 10.4 Å². The van der Waals surface area contributed by atoms with Crippen LogP contribution in [0.1, 0.15) is 42.7 Å². The Balaban J connectivity index is 1.34. The number of aryl methyl sites for hydroxylation is 2. The molecule has 1 heterocycles. The number of amides is 1. The van der Waals surface area contributed by atoms with Gasteiger partial charge in [0, 0.05) is 12.6 Å². The Bertz CT molecular complexity index is 1440. The Kier molecular flexibility index (Phi) is 6.29. The molecule has 37 heavy (non-hydrogen) atoms. The van der Waals surface area contributed by atoms with Crippen molar-refractivity contribution in [2.75, 3.05) is 5.32 Å². The molecule has 7 nitrogen and oxygen atoms in total. The highest BCUT2D eigenvalue weighted by Crippen LogP contribution is 2.48. The molecule has 0 spiro atoms. The zero-order chi connectivity index (χ0) is 26.2. The van der Waals surface area contributed by atoms with Gasteiger partial charge in [0.05, 0.1) is 22.5 Å². The Hall–Kier alpha value is -4.39. The number of nitrogens with zero attached hydrogens (tertiary/aromatic N) is 2. The number of carbonyl (C=O) groups is 2. The van der Waals surface area contributed by atoms with E-state index in [1.165, 1.54) is 0 Å². The number of nitrogens with one attached hydrogen (secondary N) is 1. The van der Waals surface area contributed by atoms with Crippen molar-refractivity contribution in [1.82, 2.24) is 9.78 Å². The van der Waals surface area contributed by atoms with Crippen molar-refractivity contribution in [3.05, 3.63) is 95.7 Å². The van der Waals surface area contributed by atoms with Crippen molar-refractivity contribution in [2.45, 2.75) is 38.2 Å². The summed E-state index contributed by atoms with van der Waals surface area (Å²) in [7, 11) is 1.84. The van der Waals surface area contributed by atoms with Crippen LogP contribution < -0.4 is 5.32 Å². The van der Waals surface area contributed by atoms with Gasteiger partial charge in [-0.3, -0.25) is 14.8 Å². The first-order valence-electron chi connectivity index (χ1n) is 12.3. The molecule has 3 aromatic carbocycles. The lowest BCUT2D eigenvalue weighted by molar-refractivity contribution is -0.140. The zero-order valence-electron chi connectivity index (χ0n) is 21.1. The van der Waals surface area contributed by atoms with Crippen LogP contribution in [0.4, 0.5) is 10.5 Å². The smallest absolute Gasteiger partial charge is 0.412 e. The number of ether oxygens (including phenoxy) is 1. The van der Waals surface area contributed by atoms with Crippen molar-refractivity contribution in [3.8, 4) is 22.4 Å². The van der Waals surface area contributed by atoms with E-state index >= 15 is 0 Å². The number of carboxylic acids is 1. The molecule has 4 aromatic rings. The Labute approximate surface area is 215 Å². The van der Waals surface area contributed by atoms with E-state index in [9.17, 15) is 14.7 Å². The highest BCUT2D eigenvalue weighted by Gasteiger charge is 2.51. The predicted octanol–water partition coefficient (Wildman–Crippen LogP) is 6.49. The molecule has 5 rings (SSSR count). The van der Waals surface area contributed by atoms with Crippen molar-refractivity contribution in [3.63, 3.8) is 0 Å². The minimum Gasteiger partial charge on any atom is -0.481 e. The highest BCUT2D eigenvalue weighted by atomic mass is 16.6. The Morgan fingerprint density at radius 2 is 1.51 bits per heavy atom. The lowest BCUT2D eigenvalue weighted by atomic mass is 9.93. The summed E-state index contributed by atoms with van der Waals surface area (Å²) in [6.45, 7) is 3.68. The van der Waals surface area contributed by atoms with Crippen molar-refractivity contribution in [1.29, 1.82) is 0 Å².